The molecule has 3 aromatic carbocycles. The molecule has 1 heterocycles. The van der Waals surface area contributed by atoms with Gasteiger partial charge in [0.1, 0.15) is 5.56 Å². The van der Waals surface area contributed by atoms with Crippen molar-refractivity contribution in [3.8, 4) is 5.69 Å². The van der Waals surface area contributed by atoms with Crippen molar-refractivity contribution in [2.75, 3.05) is 11.9 Å². The van der Waals surface area contributed by atoms with Crippen molar-refractivity contribution >= 4 is 29.3 Å². The second-order valence-electron chi connectivity index (χ2n) is 7.16. The van der Waals surface area contributed by atoms with Crippen LogP contribution in [0.25, 0.3) is 17.3 Å². The van der Waals surface area contributed by atoms with E-state index in [-0.39, 0.29) is 23.9 Å². The van der Waals surface area contributed by atoms with Gasteiger partial charge in [-0.25, -0.2) is 9.48 Å². The summed E-state index contributed by atoms with van der Waals surface area (Å²) in [6, 6.07) is 28.3. The molecule has 0 aliphatic rings. The Morgan fingerprint density at radius 3 is 2.15 bits per heavy atom. The summed E-state index contributed by atoms with van der Waals surface area (Å²) >= 11 is 0. The minimum atomic E-state index is -0.553. The van der Waals surface area contributed by atoms with E-state index in [0.717, 1.165) is 11.1 Å². The molecule has 1 N–H and O–H groups in total. The van der Waals surface area contributed by atoms with E-state index >= 15 is 0 Å². The number of ether oxygens (including phenoxy) is 1. The molecule has 1 aromatic heterocycles. The van der Waals surface area contributed by atoms with Gasteiger partial charge in [0.05, 0.1) is 18.5 Å². The van der Waals surface area contributed by atoms with Crippen LogP contribution in [0.15, 0.2) is 97.2 Å². The lowest BCUT2D eigenvalue weighted by atomic mass is 10.0. The molecule has 164 valence electrons. The van der Waals surface area contributed by atoms with Gasteiger partial charge in [-0.1, -0.05) is 78.9 Å². The molecule has 6 heteroatoms. The lowest BCUT2D eigenvalue weighted by Crippen LogP contribution is -2.19. The number of amides is 1. The molecule has 6 nitrogen and oxygen atoms in total. The number of hydrogen-bond donors (Lipinski definition) is 1. The first-order chi connectivity index (χ1) is 16.2. The summed E-state index contributed by atoms with van der Waals surface area (Å²) in [5.41, 5.74) is 2.98. The first-order valence-corrected chi connectivity index (χ1v) is 10.6. The summed E-state index contributed by atoms with van der Waals surface area (Å²) in [5.74, 6) is -0.670. The molecule has 4 rings (SSSR count). The van der Waals surface area contributed by atoms with Gasteiger partial charge in [-0.15, -0.1) is 0 Å². The van der Waals surface area contributed by atoms with E-state index in [2.05, 4.69) is 10.4 Å². The Labute approximate surface area is 192 Å². The van der Waals surface area contributed by atoms with E-state index < -0.39 is 5.97 Å². The van der Waals surface area contributed by atoms with Crippen LogP contribution in [-0.4, -0.2) is 28.3 Å². The quantitative estimate of drug-likeness (QED) is 0.244. The third-order valence-corrected chi connectivity index (χ3v) is 4.94. The van der Waals surface area contributed by atoms with Crippen molar-refractivity contribution in [2.45, 2.75) is 6.92 Å². The number of hydrogen-bond acceptors (Lipinski definition) is 4. The summed E-state index contributed by atoms with van der Waals surface area (Å²) in [7, 11) is 0. The SMILES string of the molecule is CCOC(=O)c1cnn(-c2ccccc2)c1NC(=O)/C(=C\c1ccccc1)c1ccccc1. The fourth-order valence-corrected chi connectivity index (χ4v) is 3.38. The highest BCUT2D eigenvalue weighted by atomic mass is 16.5. The molecule has 0 saturated carbocycles. The van der Waals surface area contributed by atoms with Gasteiger partial charge in [-0.05, 0) is 36.3 Å². The van der Waals surface area contributed by atoms with Crippen molar-refractivity contribution < 1.29 is 14.3 Å². The van der Waals surface area contributed by atoms with Gasteiger partial charge in [0, 0.05) is 5.57 Å². The maximum absolute atomic E-state index is 13.6. The second kappa shape index (κ2) is 10.2. The average Bonchev–Trinajstić information content (AvgIpc) is 3.28. The number of carbonyl (C=O) groups is 2. The van der Waals surface area contributed by atoms with Crippen LogP contribution in [0.2, 0.25) is 0 Å². The van der Waals surface area contributed by atoms with Gasteiger partial charge in [0.2, 0.25) is 0 Å². The third-order valence-electron chi connectivity index (χ3n) is 4.94. The largest absolute Gasteiger partial charge is 0.462 e. The minimum Gasteiger partial charge on any atom is -0.462 e. The van der Waals surface area contributed by atoms with Crippen molar-refractivity contribution in [3.05, 3.63) is 114 Å². The Kier molecular flexibility index (Phi) is 6.75. The van der Waals surface area contributed by atoms with Gasteiger partial charge in [-0.2, -0.15) is 5.10 Å². The fourth-order valence-electron chi connectivity index (χ4n) is 3.38. The molecular formula is C27H23N3O3. The summed E-state index contributed by atoms with van der Waals surface area (Å²) < 4.78 is 6.71. The van der Waals surface area contributed by atoms with Gasteiger partial charge < -0.3 is 10.1 Å². The molecule has 0 radical (unpaired) electrons. The van der Waals surface area contributed by atoms with Gasteiger partial charge in [-0.3, -0.25) is 4.79 Å². The van der Waals surface area contributed by atoms with Crippen LogP contribution in [0, 0.1) is 0 Å². The average molecular weight is 437 g/mol. The number of nitrogens with one attached hydrogen (secondary N) is 1. The fraction of sp³-hybridized carbons (Fsp3) is 0.0741. The monoisotopic (exact) mass is 437 g/mol. The Hall–Kier alpha value is -4.45. The van der Waals surface area contributed by atoms with Crippen molar-refractivity contribution in [1.29, 1.82) is 0 Å². The molecule has 4 aromatic rings. The highest BCUT2D eigenvalue weighted by molar-refractivity contribution is 6.29. The summed E-state index contributed by atoms with van der Waals surface area (Å²) in [4.78, 5) is 26.1. The Bertz CT molecular complexity index is 1260. The van der Waals surface area contributed by atoms with E-state index in [1.165, 1.54) is 10.9 Å². The highest BCUT2D eigenvalue weighted by Crippen LogP contribution is 2.25. The first-order valence-electron chi connectivity index (χ1n) is 10.6. The number of aromatic nitrogens is 2. The Morgan fingerprint density at radius 1 is 0.909 bits per heavy atom. The normalized spacial score (nSPS) is 11.1. The van der Waals surface area contributed by atoms with Crippen LogP contribution in [0.3, 0.4) is 0 Å². The van der Waals surface area contributed by atoms with Crippen LogP contribution in [0.1, 0.15) is 28.4 Å². The lowest BCUT2D eigenvalue weighted by molar-refractivity contribution is -0.111. The molecule has 33 heavy (non-hydrogen) atoms. The summed E-state index contributed by atoms with van der Waals surface area (Å²) in [5, 5.41) is 7.25. The highest BCUT2D eigenvalue weighted by Gasteiger charge is 2.23. The maximum Gasteiger partial charge on any atom is 0.343 e. The summed E-state index contributed by atoms with van der Waals surface area (Å²) in [6.45, 7) is 1.94. The molecular weight excluding hydrogens is 414 g/mol. The predicted molar refractivity (Wildman–Crippen MR) is 129 cm³/mol. The molecule has 0 atom stereocenters. The number of esters is 1. The Balaban J connectivity index is 1.77. The zero-order valence-corrected chi connectivity index (χ0v) is 18.1. The third kappa shape index (κ3) is 5.07. The number of nitrogens with zero attached hydrogens (tertiary/aromatic N) is 2. The first kappa shape index (κ1) is 21.8. The molecule has 0 fully saturated rings. The Morgan fingerprint density at radius 2 is 1.52 bits per heavy atom. The molecule has 0 unspecified atom stereocenters. The smallest absolute Gasteiger partial charge is 0.343 e. The lowest BCUT2D eigenvalue weighted by Gasteiger charge is -2.13. The molecule has 0 bridgehead atoms. The molecule has 0 spiro atoms. The number of anilines is 1. The summed E-state index contributed by atoms with van der Waals surface area (Å²) in [6.07, 6.45) is 3.22. The standard InChI is InChI=1S/C27H23N3O3/c1-2-33-27(32)24-19-28-30(22-16-10-5-11-17-22)25(24)29-26(31)23(21-14-8-4-9-15-21)18-20-12-6-3-7-13-20/h3-19H,2H2,1H3,(H,29,31)/b23-18-. The molecule has 0 saturated heterocycles. The van der Waals surface area contributed by atoms with E-state index in [4.69, 9.17) is 4.74 Å². The van der Waals surface area contributed by atoms with Crippen LogP contribution < -0.4 is 5.32 Å². The number of carbonyl (C=O) groups excluding carboxylic acids is 2. The topological polar surface area (TPSA) is 73.2 Å². The van der Waals surface area contributed by atoms with Crippen LogP contribution in [-0.2, 0) is 9.53 Å². The van der Waals surface area contributed by atoms with Crippen LogP contribution in [0.4, 0.5) is 5.82 Å². The zero-order chi connectivity index (χ0) is 23.0. The van der Waals surface area contributed by atoms with Gasteiger partial charge in [0.15, 0.2) is 5.82 Å². The molecule has 1 amide bonds. The minimum absolute atomic E-state index is 0.182. The van der Waals surface area contributed by atoms with E-state index in [1.54, 1.807) is 6.92 Å². The number of para-hydroxylation sites is 1. The molecule has 0 aliphatic heterocycles. The van der Waals surface area contributed by atoms with Crippen LogP contribution in [0.5, 0.6) is 0 Å². The van der Waals surface area contributed by atoms with E-state index in [1.807, 2.05) is 97.1 Å². The molecule has 0 aliphatic carbocycles. The van der Waals surface area contributed by atoms with E-state index in [0.29, 0.717) is 11.3 Å². The van der Waals surface area contributed by atoms with Gasteiger partial charge >= 0.3 is 5.97 Å². The number of benzene rings is 3. The van der Waals surface area contributed by atoms with Gasteiger partial charge in [0.25, 0.3) is 5.91 Å². The zero-order valence-electron chi connectivity index (χ0n) is 18.1. The second-order valence-corrected chi connectivity index (χ2v) is 7.16. The van der Waals surface area contributed by atoms with Crippen molar-refractivity contribution in [2.24, 2.45) is 0 Å². The van der Waals surface area contributed by atoms with E-state index in [9.17, 15) is 9.59 Å². The van der Waals surface area contributed by atoms with Crippen molar-refractivity contribution in [1.82, 2.24) is 9.78 Å². The number of rotatable bonds is 7. The maximum atomic E-state index is 13.6. The van der Waals surface area contributed by atoms with Crippen molar-refractivity contribution in [3.63, 3.8) is 0 Å². The van der Waals surface area contributed by atoms with Crippen LogP contribution >= 0.6 is 0 Å². The predicted octanol–water partition coefficient (Wildman–Crippen LogP) is 5.23.